The van der Waals surface area contributed by atoms with Crippen molar-refractivity contribution in [3.8, 4) is 28.2 Å². The SMILES string of the molecule is CCOC(=O)c1oc(-c2ccccc2OC)cc1-c1ccccc1. The van der Waals surface area contributed by atoms with Crippen LogP contribution in [0.2, 0.25) is 0 Å². The van der Waals surface area contributed by atoms with Gasteiger partial charge in [-0.3, -0.25) is 0 Å². The summed E-state index contributed by atoms with van der Waals surface area (Å²) in [6, 6.07) is 19.0. The van der Waals surface area contributed by atoms with Crippen LogP contribution < -0.4 is 4.74 Å². The van der Waals surface area contributed by atoms with E-state index in [4.69, 9.17) is 13.9 Å². The zero-order chi connectivity index (χ0) is 16.9. The summed E-state index contributed by atoms with van der Waals surface area (Å²) in [6.07, 6.45) is 0. The molecule has 3 aromatic rings. The van der Waals surface area contributed by atoms with Crippen LogP contribution in [0.3, 0.4) is 0 Å². The summed E-state index contributed by atoms with van der Waals surface area (Å²) in [4.78, 5) is 12.3. The van der Waals surface area contributed by atoms with E-state index in [0.717, 1.165) is 11.1 Å². The van der Waals surface area contributed by atoms with Crippen LogP contribution in [0.5, 0.6) is 5.75 Å². The molecular formula is C20H18O4. The van der Waals surface area contributed by atoms with Crippen LogP contribution in [-0.2, 0) is 4.74 Å². The van der Waals surface area contributed by atoms with Gasteiger partial charge in [0, 0.05) is 5.56 Å². The van der Waals surface area contributed by atoms with E-state index in [-0.39, 0.29) is 12.4 Å². The van der Waals surface area contributed by atoms with E-state index in [9.17, 15) is 4.79 Å². The molecule has 0 atom stereocenters. The summed E-state index contributed by atoms with van der Waals surface area (Å²) in [6.45, 7) is 2.06. The quantitative estimate of drug-likeness (QED) is 0.633. The number of para-hydroxylation sites is 1. The third-order valence-electron chi connectivity index (χ3n) is 3.65. The molecule has 0 amide bonds. The van der Waals surface area contributed by atoms with Crippen molar-refractivity contribution in [1.29, 1.82) is 0 Å². The fourth-order valence-electron chi connectivity index (χ4n) is 2.55. The summed E-state index contributed by atoms with van der Waals surface area (Å²) in [5, 5.41) is 0. The third kappa shape index (κ3) is 3.04. The van der Waals surface area contributed by atoms with Crippen LogP contribution in [0, 0.1) is 0 Å². The number of rotatable bonds is 5. The molecule has 0 radical (unpaired) electrons. The average molecular weight is 322 g/mol. The topological polar surface area (TPSA) is 48.7 Å². The van der Waals surface area contributed by atoms with Crippen molar-refractivity contribution in [2.45, 2.75) is 6.92 Å². The molecular weight excluding hydrogens is 304 g/mol. The van der Waals surface area contributed by atoms with Gasteiger partial charge in [-0.25, -0.2) is 4.79 Å². The fraction of sp³-hybridized carbons (Fsp3) is 0.150. The Hall–Kier alpha value is -3.01. The number of hydrogen-bond donors (Lipinski definition) is 0. The molecule has 0 bridgehead atoms. The Kier molecular flexibility index (Phi) is 4.66. The van der Waals surface area contributed by atoms with E-state index in [0.29, 0.717) is 17.1 Å². The smallest absolute Gasteiger partial charge is 0.374 e. The normalized spacial score (nSPS) is 10.4. The molecule has 0 aliphatic heterocycles. The molecule has 4 nitrogen and oxygen atoms in total. The zero-order valence-electron chi connectivity index (χ0n) is 13.6. The minimum atomic E-state index is -0.475. The summed E-state index contributed by atoms with van der Waals surface area (Å²) < 4.78 is 16.4. The summed E-state index contributed by atoms with van der Waals surface area (Å²) in [5.41, 5.74) is 2.38. The van der Waals surface area contributed by atoms with Crippen molar-refractivity contribution in [1.82, 2.24) is 0 Å². The number of furan rings is 1. The Bertz CT molecular complexity index is 834. The highest BCUT2D eigenvalue weighted by Gasteiger charge is 2.22. The van der Waals surface area contributed by atoms with Gasteiger partial charge in [-0.1, -0.05) is 42.5 Å². The van der Waals surface area contributed by atoms with Gasteiger partial charge < -0.3 is 13.9 Å². The first-order chi connectivity index (χ1) is 11.7. The molecule has 0 saturated heterocycles. The molecule has 0 aliphatic rings. The molecule has 0 spiro atoms. The molecule has 0 aliphatic carbocycles. The lowest BCUT2D eigenvalue weighted by atomic mass is 10.0. The van der Waals surface area contributed by atoms with Crippen molar-refractivity contribution in [3.05, 3.63) is 66.4 Å². The predicted octanol–water partition coefficient (Wildman–Crippen LogP) is 4.80. The second kappa shape index (κ2) is 7.04. The first-order valence-electron chi connectivity index (χ1n) is 7.74. The van der Waals surface area contributed by atoms with E-state index < -0.39 is 5.97 Å². The Labute approximate surface area is 140 Å². The monoisotopic (exact) mass is 322 g/mol. The van der Waals surface area contributed by atoms with E-state index in [1.165, 1.54) is 0 Å². The number of carbonyl (C=O) groups excluding carboxylic acids is 1. The minimum absolute atomic E-state index is 0.198. The second-order valence-electron chi connectivity index (χ2n) is 5.14. The molecule has 24 heavy (non-hydrogen) atoms. The van der Waals surface area contributed by atoms with Gasteiger partial charge >= 0.3 is 5.97 Å². The fourth-order valence-corrected chi connectivity index (χ4v) is 2.55. The second-order valence-corrected chi connectivity index (χ2v) is 5.14. The van der Waals surface area contributed by atoms with Crippen LogP contribution in [0.1, 0.15) is 17.5 Å². The molecule has 3 rings (SSSR count). The van der Waals surface area contributed by atoms with Gasteiger partial charge in [-0.05, 0) is 30.7 Å². The highest BCUT2D eigenvalue weighted by molar-refractivity contribution is 5.96. The summed E-state index contributed by atoms with van der Waals surface area (Å²) >= 11 is 0. The van der Waals surface area contributed by atoms with Crippen LogP contribution in [0.15, 0.2) is 65.1 Å². The molecule has 0 saturated carbocycles. The first kappa shape index (κ1) is 15.9. The van der Waals surface area contributed by atoms with E-state index in [2.05, 4.69) is 0 Å². The van der Waals surface area contributed by atoms with Crippen LogP contribution in [-0.4, -0.2) is 19.7 Å². The Morgan fingerprint density at radius 2 is 1.71 bits per heavy atom. The van der Waals surface area contributed by atoms with Crippen molar-refractivity contribution in [3.63, 3.8) is 0 Å². The summed E-state index contributed by atoms with van der Waals surface area (Å²) in [5.74, 6) is 0.970. The number of hydrogen-bond acceptors (Lipinski definition) is 4. The Morgan fingerprint density at radius 1 is 1.00 bits per heavy atom. The van der Waals surface area contributed by atoms with Gasteiger partial charge in [0.05, 0.1) is 19.3 Å². The van der Waals surface area contributed by atoms with Gasteiger partial charge in [0.15, 0.2) is 0 Å². The lowest BCUT2D eigenvalue weighted by molar-refractivity contribution is 0.0492. The molecule has 1 heterocycles. The Morgan fingerprint density at radius 3 is 2.42 bits per heavy atom. The maximum Gasteiger partial charge on any atom is 0.374 e. The molecule has 122 valence electrons. The molecule has 4 heteroatoms. The lowest BCUT2D eigenvalue weighted by Gasteiger charge is -2.05. The van der Waals surface area contributed by atoms with Crippen molar-refractivity contribution < 1.29 is 18.7 Å². The Balaban J connectivity index is 2.15. The maximum absolute atomic E-state index is 12.3. The minimum Gasteiger partial charge on any atom is -0.496 e. The number of carbonyl (C=O) groups is 1. The van der Waals surface area contributed by atoms with Gasteiger partial charge in [0.25, 0.3) is 0 Å². The predicted molar refractivity (Wildman–Crippen MR) is 92.1 cm³/mol. The number of benzene rings is 2. The zero-order valence-corrected chi connectivity index (χ0v) is 13.6. The number of esters is 1. The largest absolute Gasteiger partial charge is 0.496 e. The highest BCUT2D eigenvalue weighted by Crippen LogP contribution is 2.36. The van der Waals surface area contributed by atoms with Crippen molar-refractivity contribution >= 4 is 5.97 Å². The van der Waals surface area contributed by atoms with Gasteiger partial charge in [0.1, 0.15) is 11.5 Å². The number of ether oxygens (including phenoxy) is 2. The number of methoxy groups -OCH3 is 1. The highest BCUT2D eigenvalue weighted by atomic mass is 16.5. The van der Waals surface area contributed by atoms with Crippen LogP contribution in [0.4, 0.5) is 0 Å². The summed E-state index contributed by atoms with van der Waals surface area (Å²) in [7, 11) is 1.60. The molecule has 1 aromatic heterocycles. The van der Waals surface area contributed by atoms with E-state index >= 15 is 0 Å². The van der Waals surface area contributed by atoms with E-state index in [1.54, 1.807) is 14.0 Å². The van der Waals surface area contributed by atoms with Gasteiger partial charge in [0.2, 0.25) is 5.76 Å². The van der Waals surface area contributed by atoms with Gasteiger partial charge in [-0.15, -0.1) is 0 Å². The third-order valence-corrected chi connectivity index (χ3v) is 3.65. The molecule has 2 aromatic carbocycles. The molecule has 0 unspecified atom stereocenters. The average Bonchev–Trinajstić information content (AvgIpc) is 3.08. The van der Waals surface area contributed by atoms with Gasteiger partial charge in [-0.2, -0.15) is 0 Å². The molecule has 0 N–H and O–H groups in total. The first-order valence-corrected chi connectivity index (χ1v) is 7.74. The van der Waals surface area contributed by atoms with E-state index in [1.807, 2.05) is 60.7 Å². The van der Waals surface area contributed by atoms with Crippen LogP contribution in [0.25, 0.3) is 22.5 Å². The van der Waals surface area contributed by atoms with Crippen LogP contribution >= 0.6 is 0 Å². The lowest BCUT2D eigenvalue weighted by Crippen LogP contribution is -2.04. The molecule has 0 fully saturated rings. The van der Waals surface area contributed by atoms with Crippen molar-refractivity contribution in [2.24, 2.45) is 0 Å². The standard InChI is InChI=1S/C20H18O4/c1-3-23-20(21)19-16(14-9-5-4-6-10-14)13-18(24-19)15-11-7-8-12-17(15)22-2/h4-13H,3H2,1-2H3. The maximum atomic E-state index is 12.3. The van der Waals surface area contributed by atoms with Crippen molar-refractivity contribution in [2.75, 3.05) is 13.7 Å².